The van der Waals surface area contributed by atoms with Gasteiger partial charge in [-0.2, -0.15) is 5.10 Å². The number of piperidine rings is 1. The third-order valence-electron chi connectivity index (χ3n) is 4.07. The van der Waals surface area contributed by atoms with E-state index in [1.54, 1.807) is 25.0 Å². The molecule has 23 heavy (non-hydrogen) atoms. The van der Waals surface area contributed by atoms with Gasteiger partial charge in [-0.25, -0.2) is 4.98 Å². The van der Waals surface area contributed by atoms with Crippen LogP contribution in [0.5, 0.6) is 0 Å². The van der Waals surface area contributed by atoms with Gasteiger partial charge in [0.25, 0.3) is 5.89 Å². The van der Waals surface area contributed by atoms with Gasteiger partial charge in [0.1, 0.15) is 12.7 Å². The molecule has 1 aliphatic heterocycles. The minimum Gasteiger partial charge on any atom is -0.459 e. The van der Waals surface area contributed by atoms with Crippen LogP contribution in [0, 0.1) is 5.92 Å². The van der Waals surface area contributed by atoms with E-state index in [0.29, 0.717) is 30.0 Å². The molecule has 0 N–H and O–H groups in total. The Kier molecular flexibility index (Phi) is 3.89. The van der Waals surface area contributed by atoms with Crippen LogP contribution in [0.3, 0.4) is 0 Å². The first-order chi connectivity index (χ1) is 11.4. The van der Waals surface area contributed by atoms with Crippen molar-refractivity contribution in [3.05, 3.63) is 36.9 Å². The van der Waals surface area contributed by atoms with Crippen LogP contribution in [0.15, 0.2) is 39.9 Å². The lowest BCUT2D eigenvalue weighted by atomic mass is 9.98. The van der Waals surface area contributed by atoms with E-state index in [0.717, 1.165) is 19.6 Å². The highest BCUT2D eigenvalue weighted by molar-refractivity contribution is 5.42. The second-order valence-corrected chi connectivity index (χ2v) is 5.84. The van der Waals surface area contributed by atoms with Crippen LogP contribution in [-0.2, 0) is 13.1 Å². The molecule has 3 aromatic rings. The summed E-state index contributed by atoms with van der Waals surface area (Å²) in [6.45, 7) is 3.62. The molecule has 120 valence electrons. The van der Waals surface area contributed by atoms with Crippen LogP contribution in [0.2, 0.25) is 0 Å². The summed E-state index contributed by atoms with van der Waals surface area (Å²) in [5, 5.41) is 12.4. The fourth-order valence-electron chi connectivity index (χ4n) is 3.04. The number of hydrogen-bond acceptors (Lipinski definition) is 7. The average molecular weight is 314 g/mol. The molecule has 1 atom stereocenters. The Morgan fingerprint density at radius 3 is 3.13 bits per heavy atom. The maximum Gasteiger partial charge on any atom is 0.283 e. The summed E-state index contributed by atoms with van der Waals surface area (Å²) in [6.07, 6.45) is 7.32. The molecule has 0 aliphatic carbocycles. The third-order valence-corrected chi connectivity index (χ3v) is 4.07. The zero-order valence-electron chi connectivity index (χ0n) is 12.7. The van der Waals surface area contributed by atoms with Gasteiger partial charge in [-0.05, 0) is 37.4 Å². The monoisotopic (exact) mass is 314 g/mol. The molecule has 1 saturated heterocycles. The minimum atomic E-state index is 0.432. The highest BCUT2D eigenvalue weighted by atomic mass is 16.4. The van der Waals surface area contributed by atoms with E-state index in [9.17, 15) is 0 Å². The number of likely N-dealkylation sites (tertiary alicyclic amines) is 1. The van der Waals surface area contributed by atoms with Crippen molar-refractivity contribution in [3.63, 3.8) is 0 Å². The summed E-state index contributed by atoms with van der Waals surface area (Å²) in [7, 11) is 0. The largest absolute Gasteiger partial charge is 0.459 e. The van der Waals surface area contributed by atoms with E-state index in [4.69, 9.17) is 8.83 Å². The lowest BCUT2D eigenvalue weighted by Gasteiger charge is -2.31. The number of hydrogen-bond donors (Lipinski definition) is 0. The van der Waals surface area contributed by atoms with E-state index in [1.807, 2.05) is 10.7 Å². The zero-order valence-corrected chi connectivity index (χ0v) is 12.7. The summed E-state index contributed by atoms with van der Waals surface area (Å²) < 4.78 is 12.9. The Labute approximate surface area is 133 Å². The van der Waals surface area contributed by atoms with Gasteiger partial charge in [0, 0.05) is 13.1 Å². The highest BCUT2D eigenvalue weighted by Gasteiger charge is 2.22. The summed E-state index contributed by atoms with van der Waals surface area (Å²) in [6, 6.07) is 3.62. The van der Waals surface area contributed by atoms with Gasteiger partial charge in [-0.3, -0.25) is 9.58 Å². The van der Waals surface area contributed by atoms with Gasteiger partial charge in [-0.1, -0.05) is 0 Å². The number of aromatic nitrogens is 5. The minimum absolute atomic E-state index is 0.432. The van der Waals surface area contributed by atoms with Gasteiger partial charge < -0.3 is 8.83 Å². The molecule has 1 aliphatic rings. The van der Waals surface area contributed by atoms with Crippen LogP contribution >= 0.6 is 0 Å². The average Bonchev–Trinajstić information content (AvgIpc) is 3.30. The van der Waals surface area contributed by atoms with Crippen LogP contribution in [0.25, 0.3) is 11.7 Å². The highest BCUT2D eigenvalue weighted by Crippen LogP contribution is 2.22. The molecule has 0 unspecified atom stereocenters. The Balaban J connectivity index is 1.37. The van der Waals surface area contributed by atoms with Gasteiger partial charge in [0.15, 0.2) is 5.76 Å². The molecule has 3 aromatic heterocycles. The molecule has 4 heterocycles. The van der Waals surface area contributed by atoms with Crippen LogP contribution in [-0.4, -0.2) is 43.0 Å². The maximum atomic E-state index is 5.69. The third kappa shape index (κ3) is 3.31. The van der Waals surface area contributed by atoms with E-state index in [2.05, 4.69) is 25.2 Å². The topological polar surface area (TPSA) is 86.0 Å². The molecule has 8 heteroatoms. The molecule has 0 bridgehead atoms. The van der Waals surface area contributed by atoms with Crippen molar-refractivity contribution in [1.29, 1.82) is 0 Å². The summed E-state index contributed by atoms with van der Waals surface area (Å²) >= 11 is 0. The van der Waals surface area contributed by atoms with Crippen molar-refractivity contribution in [2.45, 2.75) is 25.9 Å². The standard InChI is InChI=1S/C15H18N6O2/c1-3-12(8-21-11-16-10-17-21)7-20(5-1)9-14-18-19-15(23-14)13-4-2-6-22-13/h2,4,6,10-12H,1,3,5,7-9H2/t12-/m1/s1. The molecular weight excluding hydrogens is 296 g/mol. The fraction of sp³-hybridized carbons (Fsp3) is 0.467. The lowest BCUT2D eigenvalue weighted by Crippen LogP contribution is -2.36. The smallest absolute Gasteiger partial charge is 0.283 e. The quantitative estimate of drug-likeness (QED) is 0.710. The second-order valence-electron chi connectivity index (χ2n) is 5.84. The first kappa shape index (κ1) is 14.1. The molecule has 0 radical (unpaired) electrons. The predicted octanol–water partition coefficient (Wildman–Crippen LogP) is 1.83. The lowest BCUT2D eigenvalue weighted by molar-refractivity contribution is 0.142. The number of rotatable bonds is 5. The van der Waals surface area contributed by atoms with Crippen molar-refractivity contribution >= 4 is 0 Å². The first-order valence-corrected chi connectivity index (χ1v) is 7.78. The second kappa shape index (κ2) is 6.33. The van der Waals surface area contributed by atoms with Crippen LogP contribution in [0.4, 0.5) is 0 Å². The van der Waals surface area contributed by atoms with Gasteiger partial charge >= 0.3 is 0 Å². The van der Waals surface area contributed by atoms with Gasteiger partial charge in [0.2, 0.25) is 5.89 Å². The Bertz CT molecular complexity index is 721. The first-order valence-electron chi connectivity index (χ1n) is 7.78. The van der Waals surface area contributed by atoms with E-state index >= 15 is 0 Å². The summed E-state index contributed by atoms with van der Waals surface area (Å²) in [5.41, 5.74) is 0. The van der Waals surface area contributed by atoms with E-state index < -0.39 is 0 Å². The van der Waals surface area contributed by atoms with Gasteiger partial charge in [0.05, 0.1) is 12.8 Å². The van der Waals surface area contributed by atoms with Crippen LogP contribution in [0.1, 0.15) is 18.7 Å². The molecule has 4 rings (SSSR count). The van der Waals surface area contributed by atoms with Crippen molar-refractivity contribution in [3.8, 4) is 11.7 Å². The van der Waals surface area contributed by atoms with Crippen molar-refractivity contribution < 1.29 is 8.83 Å². The predicted molar refractivity (Wildman–Crippen MR) is 80.0 cm³/mol. The summed E-state index contributed by atoms with van der Waals surface area (Å²) in [5.74, 6) is 2.23. The molecule has 0 aromatic carbocycles. The van der Waals surface area contributed by atoms with E-state index in [-0.39, 0.29) is 0 Å². The van der Waals surface area contributed by atoms with Crippen molar-refractivity contribution in [2.24, 2.45) is 5.92 Å². The molecular formula is C15H18N6O2. The van der Waals surface area contributed by atoms with Crippen molar-refractivity contribution in [2.75, 3.05) is 13.1 Å². The molecule has 0 saturated carbocycles. The number of nitrogens with zero attached hydrogens (tertiary/aromatic N) is 6. The normalized spacial score (nSPS) is 19.2. The van der Waals surface area contributed by atoms with E-state index in [1.165, 1.54) is 12.8 Å². The Morgan fingerprint density at radius 2 is 2.30 bits per heavy atom. The van der Waals surface area contributed by atoms with Crippen LogP contribution < -0.4 is 0 Å². The summed E-state index contributed by atoms with van der Waals surface area (Å²) in [4.78, 5) is 6.35. The Morgan fingerprint density at radius 1 is 1.30 bits per heavy atom. The van der Waals surface area contributed by atoms with Gasteiger partial charge in [-0.15, -0.1) is 10.2 Å². The number of furan rings is 1. The van der Waals surface area contributed by atoms with Crippen molar-refractivity contribution in [1.82, 2.24) is 29.9 Å². The molecule has 0 spiro atoms. The Hall–Kier alpha value is -2.48. The maximum absolute atomic E-state index is 5.69. The molecule has 8 nitrogen and oxygen atoms in total. The SMILES string of the molecule is c1coc(-c2nnc(CN3CCC[C@@H](Cn4cncn4)C3)o2)c1. The molecule has 1 fully saturated rings. The zero-order chi connectivity index (χ0) is 15.5. The molecule has 0 amide bonds. The fourth-order valence-corrected chi connectivity index (χ4v) is 3.04.